The summed E-state index contributed by atoms with van der Waals surface area (Å²) in [6.45, 7) is 0. The van der Waals surface area contributed by atoms with Crippen LogP contribution in [0.3, 0.4) is 0 Å². The summed E-state index contributed by atoms with van der Waals surface area (Å²) in [7, 11) is -10.9. The molecule has 1 saturated heterocycles. The first-order valence-electron chi connectivity index (χ1n) is 15.2. The number of alkyl halides is 3. The Hall–Kier alpha value is -4.11. The number of nitrogens with zero attached hydrogens (tertiary/aromatic N) is 2. The molecule has 0 bridgehead atoms. The van der Waals surface area contributed by atoms with Crippen molar-refractivity contribution in [2.45, 2.75) is 43.3 Å². The molecule has 6 aromatic carbocycles. The molecule has 234 valence electrons. The van der Waals surface area contributed by atoms with E-state index in [1.807, 2.05) is 109 Å². The zero-order valence-electron chi connectivity index (χ0n) is 24.5. The number of hydrogen-bond donors (Lipinski definition) is 1. The lowest BCUT2D eigenvalue weighted by Gasteiger charge is -2.35. The Morgan fingerprint density at radius 1 is 0.609 bits per heavy atom. The minimum absolute atomic E-state index is 0.437. The molecule has 1 aliphatic heterocycles. The molecule has 11 heteroatoms. The molecule has 2 atom stereocenters. The summed E-state index contributed by atoms with van der Waals surface area (Å²) in [5.41, 5.74) is -4.80. The zero-order valence-corrected chi connectivity index (χ0v) is 26.2. The maximum atomic E-state index is 15.9. The van der Waals surface area contributed by atoms with Gasteiger partial charge in [0.25, 0.3) is 0 Å². The molecule has 6 aromatic rings. The monoisotopic (exact) mass is 659 g/mol. The smallest absolute Gasteiger partial charge is 0.288 e. The zero-order chi connectivity index (χ0) is 31.8. The second-order valence-electron chi connectivity index (χ2n) is 12.0. The Bertz CT molecular complexity index is 2210. The van der Waals surface area contributed by atoms with E-state index in [1.165, 1.54) is 9.34 Å². The van der Waals surface area contributed by atoms with Gasteiger partial charge in [0, 0.05) is 10.8 Å². The first kappa shape index (κ1) is 29.3. The predicted octanol–water partition coefficient (Wildman–Crippen LogP) is 9.48. The summed E-state index contributed by atoms with van der Waals surface area (Å²) >= 11 is 0. The fourth-order valence-electron chi connectivity index (χ4n) is 7.56. The van der Waals surface area contributed by atoms with E-state index in [4.69, 9.17) is 0 Å². The second-order valence-corrected chi connectivity index (χ2v) is 16.2. The molecule has 0 radical (unpaired) electrons. The fraction of sp³-hybridized carbons (Fsp3) is 0.200. The number of fused-ring (bicyclic) bond motifs is 7. The minimum Gasteiger partial charge on any atom is -0.288 e. The van der Waals surface area contributed by atoms with Crippen molar-refractivity contribution in [2.75, 3.05) is 9.34 Å². The van der Waals surface area contributed by atoms with Gasteiger partial charge in [0.05, 0.1) is 23.5 Å². The predicted molar refractivity (Wildman–Crippen MR) is 180 cm³/mol. The van der Waals surface area contributed by atoms with Crippen LogP contribution in [-0.4, -0.2) is 26.0 Å². The van der Waals surface area contributed by atoms with Gasteiger partial charge in [-0.05, 0) is 57.3 Å². The Labute approximate surface area is 264 Å². The number of hydrogen-bond acceptors (Lipinski definition) is 3. The summed E-state index contributed by atoms with van der Waals surface area (Å²) in [4.78, 5) is 0. The van der Waals surface area contributed by atoms with Crippen molar-refractivity contribution in [1.29, 1.82) is 0 Å². The lowest BCUT2D eigenvalue weighted by Crippen LogP contribution is -2.41. The molecule has 1 heterocycles. The molecule has 1 aliphatic carbocycles. The molecule has 6 nitrogen and oxygen atoms in total. The molecule has 1 N–H and O–H groups in total. The van der Waals surface area contributed by atoms with Crippen LogP contribution in [0.1, 0.15) is 25.7 Å². The topological polar surface area (TPSA) is 69.7 Å². The van der Waals surface area contributed by atoms with Gasteiger partial charge in [-0.25, -0.2) is 8.42 Å². The molecule has 46 heavy (non-hydrogen) atoms. The van der Waals surface area contributed by atoms with E-state index in [0.29, 0.717) is 35.0 Å². The number of rotatable bonds is 4. The molecular weight excluding hydrogens is 630 g/mol. The lowest BCUT2D eigenvalue weighted by molar-refractivity contribution is -0.0441. The van der Waals surface area contributed by atoms with Crippen LogP contribution in [0.25, 0.3) is 43.1 Å². The van der Waals surface area contributed by atoms with Gasteiger partial charge in [0.1, 0.15) is 0 Å². The van der Waals surface area contributed by atoms with Crippen molar-refractivity contribution in [3.05, 3.63) is 109 Å². The van der Waals surface area contributed by atoms with Crippen LogP contribution in [0.5, 0.6) is 0 Å². The van der Waals surface area contributed by atoms with Crippen LogP contribution in [0.15, 0.2) is 109 Å². The standard InChI is InChI=1S/C35H29F3N3O3PS/c36-35(37,38)46(43,44)39-45(42)40(33-21-23-11-1-3-13-25(23)27-15-5-7-17-29(27)33)31-19-9-10-20-32(31)41(45)34-22-24-12-2-4-14-26(24)28-16-6-8-18-30(28)34/h1-8,11-18,21-22,31-32H,9-10,19-20H2,(H,39,42)/t31-,32-/m1/s1. The van der Waals surface area contributed by atoms with E-state index >= 15 is 4.57 Å². The number of nitrogens with one attached hydrogen (secondary N) is 1. The third kappa shape index (κ3) is 4.34. The van der Waals surface area contributed by atoms with E-state index in [1.54, 1.807) is 4.49 Å². The molecule has 2 aliphatic rings. The van der Waals surface area contributed by atoms with E-state index in [9.17, 15) is 21.6 Å². The number of benzene rings is 6. The highest BCUT2D eigenvalue weighted by Gasteiger charge is 2.61. The third-order valence-electron chi connectivity index (χ3n) is 9.44. The van der Waals surface area contributed by atoms with Gasteiger partial charge in [-0.15, -0.1) is 4.49 Å². The van der Waals surface area contributed by atoms with Crippen LogP contribution in [0, 0.1) is 0 Å². The quantitative estimate of drug-likeness (QED) is 0.151. The van der Waals surface area contributed by atoms with Crippen LogP contribution < -0.4 is 13.8 Å². The van der Waals surface area contributed by atoms with Gasteiger partial charge in [-0.2, -0.15) is 13.2 Å². The second kappa shape index (κ2) is 10.5. The average molecular weight is 660 g/mol. The van der Waals surface area contributed by atoms with Crippen molar-refractivity contribution in [2.24, 2.45) is 0 Å². The van der Waals surface area contributed by atoms with Crippen LogP contribution in [0.4, 0.5) is 24.5 Å². The molecule has 0 aromatic heterocycles. The Morgan fingerprint density at radius 3 is 1.39 bits per heavy atom. The molecule has 1 saturated carbocycles. The SMILES string of the molecule is O=P1(NS(=O)(=O)C(F)(F)F)N(c2cc3ccccc3c3ccccc23)[C@@H]2CCCC[C@H]2N1c1cc2ccccc2c2ccccc12. The van der Waals surface area contributed by atoms with Crippen molar-refractivity contribution < 1.29 is 26.2 Å². The maximum Gasteiger partial charge on any atom is 0.511 e. The first-order valence-corrected chi connectivity index (χ1v) is 18.3. The summed E-state index contributed by atoms with van der Waals surface area (Å²) < 4.78 is 89.5. The molecule has 0 unspecified atom stereocenters. The van der Waals surface area contributed by atoms with Crippen LogP contribution >= 0.6 is 7.59 Å². The summed E-state index contributed by atoms with van der Waals surface area (Å²) in [6, 6.07) is 32.9. The summed E-state index contributed by atoms with van der Waals surface area (Å²) in [5.74, 6) is 0. The largest absolute Gasteiger partial charge is 0.511 e. The van der Waals surface area contributed by atoms with E-state index in [-0.39, 0.29) is 0 Å². The van der Waals surface area contributed by atoms with Crippen molar-refractivity contribution in [1.82, 2.24) is 4.49 Å². The number of halogens is 3. The maximum absolute atomic E-state index is 15.9. The van der Waals surface area contributed by atoms with Crippen molar-refractivity contribution >= 4 is 72.1 Å². The molecule has 2 fully saturated rings. The molecular formula is C35H29F3N3O3PS. The lowest BCUT2D eigenvalue weighted by atomic mass is 9.89. The highest BCUT2D eigenvalue weighted by Crippen LogP contribution is 2.66. The number of sulfonamides is 1. The van der Waals surface area contributed by atoms with E-state index in [0.717, 1.165) is 45.2 Å². The normalized spacial score (nSPS) is 20.2. The Morgan fingerprint density at radius 2 is 0.978 bits per heavy atom. The first-order chi connectivity index (χ1) is 22.1. The van der Waals surface area contributed by atoms with Crippen molar-refractivity contribution in [3.63, 3.8) is 0 Å². The minimum atomic E-state index is -6.05. The van der Waals surface area contributed by atoms with Gasteiger partial charge >= 0.3 is 23.1 Å². The van der Waals surface area contributed by atoms with Crippen molar-refractivity contribution in [3.8, 4) is 0 Å². The van der Waals surface area contributed by atoms with Gasteiger partial charge < -0.3 is 0 Å². The van der Waals surface area contributed by atoms with Gasteiger partial charge in [-0.1, -0.05) is 110 Å². The Kier molecular flexibility index (Phi) is 6.66. The average Bonchev–Trinajstić information content (AvgIpc) is 3.30. The molecule has 0 amide bonds. The van der Waals surface area contributed by atoms with Gasteiger partial charge in [0.15, 0.2) is 0 Å². The Balaban J connectivity index is 1.47. The fourth-order valence-corrected chi connectivity index (χ4v) is 12.4. The van der Waals surface area contributed by atoms with E-state index in [2.05, 4.69) is 0 Å². The highest BCUT2D eigenvalue weighted by molar-refractivity contribution is 7.97. The van der Waals surface area contributed by atoms with Crippen LogP contribution in [0.2, 0.25) is 0 Å². The van der Waals surface area contributed by atoms with Gasteiger partial charge in [-0.3, -0.25) is 13.9 Å². The summed E-state index contributed by atoms with van der Waals surface area (Å²) in [5, 5.41) is 6.52. The third-order valence-corrected chi connectivity index (χ3v) is 14.2. The number of anilines is 2. The van der Waals surface area contributed by atoms with Gasteiger partial charge in [0.2, 0.25) is 0 Å². The summed E-state index contributed by atoms with van der Waals surface area (Å²) in [6.07, 6.45) is 2.60. The highest BCUT2D eigenvalue weighted by atomic mass is 32.2. The van der Waals surface area contributed by atoms with Crippen LogP contribution in [-0.2, 0) is 14.6 Å². The van der Waals surface area contributed by atoms with E-state index < -0.39 is 35.2 Å². The molecule has 8 rings (SSSR count). The molecule has 0 spiro atoms.